The van der Waals surface area contributed by atoms with Gasteiger partial charge in [-0.25, -0.2) is 17.5 Å². The topological polar surface area (TPSA) is 174 Å². The number of likely N-dealkylation sites (tertiary alicyclic amines) is 1. The highest BCUT2D eigenvalue weighted by atomic mass is 32.2. The number of fused-ring (bicyclic) bond motifs is 1. The number of sulfonamides is 1. The van der Waals surface area contributed by atoms with Crippen molar-refractivity contribution in [2.75, 3.05) is 19.3 Å². The summed E-state index contributed by atoms with van der Waals surface area (Å²) < 4.78 is 28.0. The van der Waals surface area contributed by atoms with E-state index in [0.717, 1.165) is 44.9 Å². The number of rotatable bonds is 14. The van der Waals surface area contributed by atoms with Gasteiger partial charge in [-0.3, -0.25) is 19.2 Å². The second-order valence-electron chi connectivity index (χ2n) is 17.8. The molecule has 1 aliphatic heterocycles. The molecule has 4 N–H and O–H groups in total. The van der Waals surface area contributed by atoms with Gasteiger partial charge in [0.1, 0.15) is 12.1 Å². The third kappa shape index (κ3) is 8.48. The van der Waals surface area contributed by atoms with Gasteiger partial charge in [0.2, 0.25) is 27.6 Å². The number of nitrogens with zero attached hydrogens (tertiary/aromatic N) is 2. The summed E-state index contributed by atoms with van der Waals surface area (Å²) in [6.07, 6.45) is 7.46. The smallest absolute Gasteiger partial charge is 0.315 e. The number of carbonyl (C=O) groups is 5. The van der Waals surface area contributed by atoms with Crippen LogP contribution in [-0.2, 0) is 29.2 Å². The van der Waals surface area contributed by atoms with Crippen LogP contribution in [0.3, 0.4) is 0 Å². The van der Waals surface area contributed by atoms with Crippen molar-refractivity contribution in [3.63, 3.8) is 0 Å². The van der Waals surface area contributed by atoms with Gasteiger partial charge in [-0.15, -0.1) is 0 Å². The van der Waals surface area contributed by atoms with E-state index in [1.54, 1.807) is 25.8 Å². The number of ketones is 1. The van der Waals surface area contributed by atoms with E-state index in [-0.39, 0.29) is 41.0 Å². The molecule has 14 heteroatoms. The fraction of sp³-hybridized carbons (Fsp3) is 0.861. The predicted molar refractivity (Wildman–Crippen MR) is 189 cm³/mol. The average molecular weight is 721 g/mol. The molecule has 1 heterocycles. The Morgan fingerprint density at radius 2 is 1.56 bits per heavy atom. The number of Topliss-reactive ketones (excluding diaryl/α,β-unsaturated/α-hetero) is 1. The molecule has 5 amide bonds. The Kier molecular flexibility index (Phi) is 10.8. The van der Waals surface area contributed by atoms with Crippen LogP contribution in [0.5, 0.6) is 0 Å². The molecule has 4 saturated carbocycles. The van der Waals surface area contributed by atoms with E-state index in [2.05, 4.69) is 35.1 Å². The van der Waals surface area contributed by atoms with E-state index in [1.807, 2.05) is 20.8 Å². The quantitative estimate of drug-likeness (QED) is 0.200. The van der Waals surface area contributed by atoms with E-state index in [9.17, 15) is 32.4 Å². The summed E-state index contributed by atoms with van der Waals surface area (Å²) in [5.41, 5.74) is -1.93. The first-order valence-corrected chi connectivity index (χ1v) is 20.3. The van der Waals surface area contributed by atoms with E-state index in [4.69, 9.17) is 0 Å². The molecule has 5 aliphatic rings. The minimum Gasteiger partial charge on any atom is -0.347 e. The van der Waals surface area contributed by atoms with Gasteiger partial charge in [0.15, 0.2) is 0 Å². The Morgan fingerprint density at radius 1 is 0.940 bits per heavy atom. The van der Waals surface area contributed by atoms with Gasteiger partial charge in [0, 0.05) is 25.7 Å². The molecule has 0 aromatic rings. The largest absolute Gasteiger partial charge is 0.347 e. The summed E-state index contributed by atoms with van der Waals surface area (Å²) in [5, 5.41) is 11.5. The molecule has 5 rings (SSSR count). The van der Waals surface area contributed by atoms with E-state index < -0.39 is 68.6 Å². The molecule has 282 valence electrons. The molecule has 0 radical (unpaired) electrons. The first kappa shape index (κ1) is 38.5. The summed E-state index contributed by atoms with van der Waals surface area (Å²) >= 11 is 0. The number of hydrogen-bond acceptors (Lipinski definition) is 7. The second-order valence-corrected chi connectivity index (χ2v) is 19.9. The van der Waals surface area contributed by atoms with Crippen LogP contribution in [0, 0.1) is 28.6 Å². The number of urea groups is 1. The molecule has 13 nitrogen and oxygen atoms in total. The molecule has 0 aromatic heterocycles. The van der Waals surface area contributed by atoms with Gasteiger partial charge in [0.25, 0.3) is 5.91 Å². The van der Waals surface area contributed by atoms with E-state index >= 15 is 0 Å². The van der Waals surface area contributed by atoms with Crippen LogP contribution in [0.4, 0.5) is 4.79 Å². The van der Waals surface area contributed by atoms with Crippen molar-refractivity contribution in [2.24, 2.45) is 28.6 Å². The molecule has 0 bridgehead atoms. The summed E-state index contributed by atoms with van der Waals surface area (Å²) in [4.78, 5) is 70.0. The number of hydrogen-bond donors (Lipinski definition) is 4. The zero-order chi connectivity index (χ0) is 37.0. The van der Waals surface area contributed by atoms with Gasteiger partial charge in [-0.1, -0.05) is 66.7 Å². The zero-order valence-electron chi connectivity index (χ0n) is 31.3. The van der Waals surface area contributed by atoms with Crippen molar-refractivity contribution in [1.82, 2.24) is 30.5 Å². The van der Waals surface area contributed by atoms with Crippen LogP contribution in [0.25, 0.3) is 0 Å². The van der Waals surface area contributed by atoms with Crippen LogP contribution < -0.4 is 21.3 Å². The van der Waals surface area contributed by atoms with E-state index in [1.165, 1.54) is 4.31 Å². The van der Waals surface area contributed by atoms with Crippen molar-refractivity contribution in [3.8, 4) is 0 Å². The maximum Gasteiger partial charge on any atom is 0.315 e. The fourth-order valence-corrected chi connectivity index (χ4v) is 10.1. The Bertz CT molecular complexity index is 1460. The molecule has 1 saturated heterocycles. The highest BCUT2D eigenvalue weighted by Crippen LogP contribution is 2.65. The van der Waals surface area contributed by atoms with Gasteiger partial charge < -0.3 is 26.2 Å². The second kappa shape index (κ2) is 14.0. The normalized spacial score (nSPS) is 26.8. The fourth-order valence-electron chi connectivity index (χ4n) is 8.16. The molecule has 5 fully saturated rings. The number of piperidine rings is 1. The lowest BCUT2D eigenvalue weighted by atomic mass is 9.83. The van der Waals surface area contributed by atoms with Gasteiger partial charge >= 0.3 is 6.03 Å². The Balaban J connectivity index is 1.33. The maximum atomic E-state index is 14.5. The highest BCUT2D eigenvalue weighted by molar-refractivity contribution is 7.89. The van der Waals surface area contributed by atoms with Gasteiger partial charge in [-0.2, -0.15) is 0 Å². The van der Waals surface area contributed by atoms with Crippen LogP contribution in [-0.4, -0.2) is 102 Å². The van der Waals surface area contributed by atoms with Gasteiger partial charge in [0.05, 0.1) is 17.3 Å². The molecular weight excluding hydrogens is 660 g/mol. The van der Waals surface area contributed by atoms with Crippen LogP contribution in [0.15, 0.2) is 0 Å². The SMILES string of the molecule is CC(C)N(C)S(=O)(=O)CC1(NC(=O)N[C@H](C(=O)N2C[C@H]3[C@@H]([C@H]2C(=O)N[C@@H](CC2CC2)C(=O)C(=O)NC2CC2)C3(C)C)C(C)(C)C)CCCCC1. The molecule has 4 aliphatic carbocycles. The summed E-state index contributed by atoms with van der Waals surface area (Å²) in [5.74, 6) is -2.21. The van der Waals surface area contributed by atoms with Gasteiger partial charge in [-0.05, 0) is 74.5 Å². The lowest BCUT2D eigenvalue weighted by Crippen LogP contribution is -2.64. The first-order valence-electron chi connectivity index (χ1n) is 18.7. The number of carbonyl (C=O) groups excluding carboxylic acids is 5. The van der Waals surface area contributed by atoms with Crippen molar-refractivity contribution < 1.29 is 32.4 Å². The Labute approximate surface area is 298 Å². The third-order valence-electron chi connectivity index (χ3n) is 12.0. The molecule has 0 unspecified atom stereocenters. The van der Waals surface area contributed by atoms with Crippen molar-refractivity contribution in [2.45, 2.75) is 148 Å². The summed E-state index contributed by atoms with van der Waals surface area (Å²) in [6, 6.07) is -3.70. The first-order chi connectivity index (χ1) is 23.2. The number of nitrogens with one attached hydrogen (secondary N) is 4. The Hall–Kier alpha value is -2.74. The molecular formula is C36H60N6O7S. The van der Waals surface area contributed by atoms with E-state index in [0.29, 0.717) is 25.8 Å². The van der Waals surface area contributed by atoms with Crippen LogP contribution in [0.1, 0.15) is 113 Å². The zero-order valence-corrected chi connectivity index (χ0v) is 32.1. The monoisotopic (exact) mass is 720 g/mol. The maximum absolute atomic E-state index is 14.5. The third-order valence-corrected chi connectivity index (χ3v) is 14.2. The summed E-state index contributed by atoms with van der Waals surface area (Å²) in [6.45, 7) is 13.6. The predicted octanol–water partition coefficient (Wildman–Crippen LogP) is 2.69. The average Bonchev–Trinajstić information content (AvgIpc) is 3.97. The lowest BCUT2D eigenvalue weighted by molar-refractivity contribution is -0.145. The minimum atomic E-state index is -3.69. The number of amides is 5. The standard InChI is InChI=1S/C36H60N6O7S/c1-21(2)41(8)50(48,49)20-36(16-10-9-11-17-36)40-33(47)39-29(34(3,4)5)32(46)42-19-24-26(35(24,6)7)27(42)30(44)38-25(18-22-12-13-22)28(43)31(45)37-23-14-15-23/h21-27,29H,9-20H2,1-8H3,(H,37,45)(H,38,44)(H2,39,40,47)/t24-,25-,26-,27-,29+/m0/s1. The molecule has 5 atom stereocenters. The summed E-state index contributed by atoms with van der Waals surface area (Å²) in [7, 11) is -2.14. The molecule has 50 heavy (non-hydrogen) atoms. The van der Waals surface area contributed by atoms with Crippen molar-refractivity contribution in [1.29, 1.82) is 0 Å². The lowest BCUT2D eigenvalue weighted by Gasteiger charge is -2.41. The highest BCUT2D eigenvalue weighted by Gasteiger charge is 2.70. The Morgan fingerprint density at radius 3 is 2.10 bits per heavy atom. The molecule has 0 spiro atoms. The minimum absolute atomic E-state index is 0.0116. The van der Waals surface area contributed by atoms with Crippen molar-refractivity contribution in [3.05, 3.63) is 0 Å². The van der Waals surface area contributed by atoms with Crippen molar-refractivity contribution >= 4 is 39.6 Å². The molecule has 0 aromatic carbocycles. The van der Waals surface area contributed by atoms with Crippen LogP contribution >= 0.6 is 0 Å². The van der Waals surface area contributed by atoms with Crippen LogP contribution in [0.2, 0.25) is 0 Å².